The van der Waals surface area contributed by atoms with Crippen molar-refractivity contribution in [1.29, 1.82) is 0 Å². The summed E-state index contributed by atoms with van der Waals surface area (Å²) in [7, 11) is -3.40. The van der Waals surface area contributed by atoms with E-state index in [0.29, 0.717) is 19.4 Å². The Hall–Kier alpha value is -0.170. The lowest BCUT2D eigenvalue weighted by Gasteiger charge is -2.20. The molecule has 0 heterocycles. The Bertz CT molecular complexity index is 244. The highest BCUT2D eigenvalue weighted by atomic mass is 32.2. The minimum atomic E-state index is -3.40. The van der Waals surface area contributed by atoms with Crippen molar-refractivity contribution in [3.8, 4) is 0 Å². The molecule has 0 spiro atoms. The topological polar surface area (TPSA) is 78.4 Å². The first-order chi connectivity index (χ1) is 6.27. The van der Waals surface area contributed by atoms with Crippen LogP contribution in [0.3, 0.4) is 0 Å². The van der Waals surface area contributed by atoms with E-state index < -0.39 is 15.7 Å². The molecule has 0 amide bonds. The fourth-order valence-corrected chi connectivity index (χ4v) is 2.17. The fourth-order valence-electron chi connectivity index (χ4n) is 0.883. The Morgan fingerprint density at radius 2 is 1.79 bits per heavy atom. The summed E-state index contributed by atoms with van der Waals surface area (Å²) in [4.78, 5) is 0. The molecule has 0 saturated heterocycles. The highest BCUT2D eigenvalue weighted by Gasteiger charge is 2.18. The van der Waals surface area contributed by atoms with E-state index in [0.717, 1.165) is 0 Å². The van der Waals surface area contributed by atoms with Crippen molar-refractivity contribution in [3.63, 3.8) is 0 Å². The molecule has 0 unspecified atom stereocenters. The second-order valence-corrected chi connectivity index (χ2v) is 5.68. The number of aliphatic hydroxyl groups is 1. The third kappa shape index (κ3) is 8.43. The van der Waals surface area contributed by atoms with Gasteiger partial charge in [0.05, 0.1) is 0 Å². The summed E-state index contributed by atoms with van der Waals surface area (Å²) in [5, 5.41) is 8.49. The number of nitrogens with one attached hydrogen (secondary N) is 2. The van der Waals surface area contributed by atoms with Gasteiger partial charge in [-0.25, -0.2) is 4.72 Å². The molecule has 0 rings (SSSR count). The van der Waals surface area contributed by atoms with E-state index in [-0.39, 0.29) is 6.61 Å². The normalized spacial score (nSPS) is 13.1. The van der Waals surface area contributed by atoms with Crippen molar-refractivity contribution < 1.29 is 13.5 Å². The van der Waals surface area contributed by atoms with Gasteiger partial charge in [0.1, 0.15) is 0 Å². The fraction of sp³-hybridized carbons (Fsp3) is 1.00. The highest BCUT2D eigenvalue weighted by molar-refractivity contribution is 7.87. The van der Waals surface area contributed by atoms with E-state index in [1.165, 1.54) is 0 Å². The number of hydrogen-bond acceptors (Lipinski definition) is 3. The van der Waals surface area contributed by atoms with Crippen LogP contribution in [0, 0.1) is 0 Å². The third-order valence-electron chi connectivity index (χ3n) is 1.32. The lowest BCUT2D eigenvalue weighted by Crippen LogP contribution is -2.47. The van der Waals surface area contributed by atoms with E-state index in [2.05, 4.69) is 9.44 Å². The SMILES string of the molecule is CC(C)(C)NS(=O)(=O)NCCCCO. The molecule has 0 aromatic rings. The van der Waals surface area contributed by atoms with Gasteiger partial charge in [-0.15, -0.1) is 0 Å². The van der Waals surface area contributed by atoms with Crippen LogP contribution in [0.1, 0.15) is 33.6 Å². The van der Waals surface area contributed by atoms with Gasteiger partial charge in [-0.05, 0) is 33.6 Å². The van der Waals surface area contributed by atoms with Crippen LogP contribution in [0.15, 0.2) is 0 Å². The van der Waals surface area contributed by atoms with Crippen molar-refractivity contribution in [2.45, 2.75) is 39.2 Å². The maximum atomic E-state index is 11.3. The summed E-state index contributed by atoms with van der Waals surface area (Å²) >= 11 is 0. The molecule has 0 aliphatic heterocycles. The summed E-state index contributed by atoms with van der Waals surface area (Å²) < 4.78 is 27.5. The molecule has 86 valence electrons. The van der Waals surface area contributed by atoms with Crippen molar-refractivity contribution in [2.75, 3.05) is 13.2 Å². The summed E-state index contributed by atoms with van der Waals surface area (Å²) in [6, 6.07) is 0. The van der Waals surface area contributed by atoms with Crippen LogP contribution in [-0.2, 0) is 10.2 Å². The molecule has 0 aliphatic carbocycles. The molecule has 0 atom stereocenters. The number of aliphatic hydroxyl groups excluding tert-OH is 1. The summed E-state index contributed by atoms with van der Waals surface area (Å²) in [5.74, 6) is 0. The van der Waals surface area contributed by atoms with Crippen LogP contribution >= 0.6 is 0 Å². The van der Waals surface area contributed by atoms with Crippen LogP contribution in [0.5, 0.6) is 0 Å². The number of rotatable bonds is 6. The monoisotopic (exact) mass is 224 g/mol. The Morgan fingerprint density at radius 1 is 1.21 bits per heavy atom. The van der Waals surface area contributed by atoms with Crippen molar-refractivity contribution >= 4 is 10.2 Å². The zero-order valence-electron chi connectivity index (χ0n) is 9.00. The van der Waals surface area contributed by atoms with Crippen LogP contribution in [0.2, 0.25) is 0 Å². The average molecular weight is 224 g/mol. The Labute approximate surface area is 86.1 Å². The van der Waals surface area contributed by atoms with Crippen LogP contribution < -0.4 is 9.44 Å². The van der Waals surface area contributed by atoms with Crippen molar-refractivity contribution in [2.24, 2.45) is 0 Å². The van der Waals surface area contributed by atoms with Crippen LogP contribution in [0.4, 0.5) is 0 Å². The molecule has 0 aliphatic rings. The number of unbranched alkanes of at least 4 members (excludes halogenated alkanes) is 1. The van der Waals surface area contributed by atoms with Crippen LogP contribution in [-0.4, -0.2) is 32.2 Å². The second-order valence-electron chi connectivity index (χ2n) is 4.18. The first-order valence-electron chi connectivity index (χ1n) is 4.66. The minimum absolute atomic E-state index is 0.0917. The molecule has 3 N–H and O–H groups in total. The lowest BCUT2D eigenvalue weighted by atomic mass is 10.1. The summed E-state index contributed by atoms with van der Waals surface area (Å²) in [6.07, 6.45) is 1.25. The molecule has 5 nitrogen and oxygen atoms in total. The molecule has 0 fully saturated rings. The van der Waals surface area contributed by atoms with Gasteiger partial charge in [0.15, 0.2) is 0 Å². The molecular formula is C8H20N2O3S. The standard InChI is InChI=1S/C8H20N2O3S/c1-8(2,3)10-14(12,13)9-6-4-5-7-11/h9-11H,4-7H2,1-3H3. The van der Waals surface area contributed by atoms with Gasteiger partial charge < -0.3 is 5.11 Å². The van der Waals surface area contributed by atoms with Crippen LogP contribution in [0.25, 0.3) is 0 Å². The van der Waals surface area contributed by atoms with Crippen molar-refractivity contribution in [3.05, 3.63) is 0 Å². The molecular weight excluding hydrogens is 204 g/mol. The quantitative estimate of drug-likeness (QED) is 0.555. The first-order valence-corrected chi connectivity index (χ1v) is 6.14. The van der Waals surface area contributed by atoms with E-state index in [1.807, 2.05) is 0 Å². The van der Waals surface area contributed by atoms with Gasteiger partial charge in [0, 0.05) is 18.7 Å². The highest BCUT2D eigenvalue weighted by Crippen LogP contribution is 2.00. The second kappa shape index (κ2) is 5.65. The van der Waals surface area contributed by atoms with Gasteiger partial charge in [-0.3, -0.25) is 0 Å². The molecule has 0 radical (unpaired) electrons. The lowest BCUT2D eigenvalue weighted by molar-refractivity contribution is 0.285. The maximum absolute atomic E-state index is 11.3. The van der Waals surface area contributed by atoms with Gasteiger partial charge in [-0.2, -0.15) is 13.1 Å². The number of hydrogen-bond donors (Lipinski definition) is 3. The third-order valence-corrected chi connectivity index (χ3v) is 2.78. The molecule has 14 heavy (non-hydrogen) atoms. The zero-order valence-corrected chi connectivity index (χ0v) is 9.82. The Morgan fingerprint density at radius 3 is 2.21 bits per heavy atom. The molecule has 0 aromatic heterocycles. The van der Waals surface area contributed by atoms with E-state index in [9.17, 15) is 8.42 Å². The van der Waals surface area contributed by atoms with E-state index in [1.54, 1.807) is 20.8 Å². The molecule has 0 aromatic carbocycles. The molecule has 0 saturated carbocycles. The summed E-state index contributed by atoms with van der Waals surface area (Å²) in [5.41, 5.74) is -0.469. The van der Waals surface area contributed by atoms with E-state index in [4.69, 9.17) is 5.11 Å². The Balaban J connectivity index is 3.86. The Kier molecular flexibility index (Phi) is 5.58. The molecule has 0 bridgehead atoms. The average Bonchev–Trinajstić information content (AvgIpc) is 1.93. The predicted octanol–water partition coefficient (Wildman–Crippen LogP) is -0.0186. The largest absolute Gasteiger partial charge is 0.396 e. The van der Waals surface area contributed by atoms with Gasteiger partial charge in [-0.1, -0.05) is 0 Å². The van der Waals surface area contributed by atoms with Gasteiger partial charge >= 0.3 is 0 Å². The van der Waals surface area contributed by atoms with Gasteiger partial charge in [0.2, 0.25) is 0 Å². The van der Waals surface area contributed by atoms with Gasteiger partial charge in [0.25, 0.3) is 10.2 Å². The summed E-state index contributed by atoms with van der Waals surface area (Å²) in [6.45, 7) is 5.78. The van der Waals surface area contributed by atoms with E-state index >= 15 is 0 Å². The maximum Gasteiger partial charge on any atom is 0.277 e. The molecule has 6 heteroatoms. The first kappa shape index (κ1) is 13.8. The zero-order chi connectivity index (χ0) is 11.2. The minimum Gasteiger partial charge on any atom is -0.396 e. The smallest absolute Gasteiger partial charge is 0.277 e. The predicted molar refractivity (Wildman–Crippen MR) is 56.1 cm³/mol. The van der Waals surface area contributed by atoms with Crippen molar-refractivity contribution in [1.82, 2.24) is 9.44 Å².